The number of hydrogen-bond acceptors (Lipinski definition) is 2. The molecule has 1 rings (SSSR count). The molecular formula is C16H25BrOS. The third kappa shape index (κ3) is 5.03. The molecule has 0 unspecified atom stereocenters. The average Bonchev–Trinajstić information content (AvgIpc) is 2.40. The van der Waals surface area contributed by atoms with Gasteiger partial charge in [-0.15, -0.1) is 0 Å². The van der Waals surface area contributed by atoms with Gasteiger partial charge in [-0.3, -0.25) is 0 Å². The van der Waals surface area contributed by atoms with Gasteiger partial charge in [0.05, 0.1) is 6.61 Å². The van der Waals surface area contributed by atoms with Gasteiger partial charge in [-0.1, -0.05) is 48.7 Å². The summed E-state index contributed by atoms with van der Waals surface area (Å²) >= 11 is 8.07. The molecule has 0 fully saturated rings. The van der Waals surface area contributed by atoms with Gasteiger partial charge >= 0.3 is 0 Å². The molecule has 0 saturated carbocycles. The van der Waals surface area contributed by atoms with E-state index in [1.807, 2.05) is 6.07 Å². The van der Waals surface area contributed by atoms with Crippen LogP contribution in [0.1, 0.15) is 45.1 Å². The molecule has 0 N–H and O–H groups in total. The zero-order valence-electron chi connectivity index (χ0n) is 12.2. The highest BCUT2D eigenvalue weighted by Crippen LogP contribution is 2.33. The van der Waals surface area contributed by atoms with E-state index in [9.17, 15) is 0 Å². The maximum atomic E-state index is 6.10. The van der Waals surface area contributed by atoms with E-state index >= 15 is 0 Å². The number of rotatable bonds is 8. The van der Waals surface area contributed by atoms with E-state index in [0.717, 1.165) is 22.6 Å². The topological polar surface area (TPSA) is 9.23 Å². The SMILES string of the molecule is CCCC(CS)(CCC)COc1cc(Br)ccc1C. The van der Waals surface area contributed by atoms with Gasteiger partial charge in [0.2, 0.25) is 0 Å². The predicted octanol–water partition coefficient (Wildman–Crippen LogP) is 5.65. The predicted molar refractivity (Wildman–Crippen MR) is 90.5 cm³/mol. The zero-order valence-corrected chi connectivity index (χ0v) is 14.7. The number of benzene rings is 1. The first-order valence-electron chi connectivity index (χ1n) is 7.06. The molecule has 108 valence electrons. The molecule has 0 saturated heterocycles. The van der Waals surface area contributed by atoms with E-state index in [-0.39, 0.29) is 5.41 Å². The lowest BCUT2D eigenvalue weighted by Crippen LogP contribution is -2.30. The molecule has 0 aromatic heterocycles. The largest absolute Gasteiger partial charge is 0.493 e. The molecule has 0 spiro atoms. The molecule has 3 heteroatoms. The zero-order chi connectivity index (χ0) is 14.3. The van der Waals surface area contributed by atoms with Crippen LogP contribution in [0, 0.1) is 12.3 Å². The molecule has 1 aromatic rings. The maximum Gasteiger partial charge on any atom is 0.123 e. The quantitative estimate of drug-likeness (QED) is 0.599. The summed E-state index contributed by atoms with van der Waals surface area (Å²) in [6.45, 7) is 7.32. The molecule has 0 amide bonds. The van der Waals surface area contributed by atoms with Gasteiger partial charge in [0.15, 0.2) is 0 Å². The van der Waals surface area contributed by atoms with Crippen LogP contribution < -0.4 is 4.74 Å². The standard InChI is InChI=1S/C16H25BrOS/c1-4-8-16(12-19,9-5-2)11-18-15-10-14(17)7-6-13(15)3/h6-7,10,19H,4-5,8-9,11-12H2,1-3H3. The molecule has 1 aromatic carbocycles. The summed E-state index contributed by atoms with van der Waals surface area (Å²) in [5.74, 6) is 1.87. The van der Waals surface area contributed by atoms with E-state index in [4.69, 9.17) is 4.74 Å². The van der Waals surface area contributed by atoms with Crippen molar-refractivity contribution in [2.75, 3.05) is 12.4 Å². The Balaban J connectivity index is 2.77. The second-order valence-corrected chi connectivity index (χ2v) is 6.59. The van der Waals surface area contributed by atoms with Crippen molar-refractivity contribution < 1.29 is 4.74 Å². The molecule has 0 bridgehead atoms. The lowest BCUT2D eigenvalue weighted by Gasteiger charge is -2.32. The molecule has 0 radical (unpaired) electrons. The smallest absolute Gasteiger partial charge is 0.123 e. The van der Waals surface area contributed by atoms with Crippen LogP contribution in [-0.2, 0) is 0 Å². The summed E-state index contributed by atoms with van der Waals surface area (Å²) in [4.78, 5) is 0. The van der Waals surface area contributed by atoms with Crippen molar-refractivity contribution >= 4 is 28.6 Å². The van der Waals surface area contributed by atoms with E-state index in [0.29, 0.717) is 0 Å². The Morgan fingerprint density at radius 2 is 1.84 bits per heavy atom. The molecule has 0 aliphatic carbocycles. The monoisotopic (exact) mass is 344 g/mol. The fourth-order valence-corrected chi connectivity index (χ4v) is 3.24. The summed E-state index contributed by atoms with van der Waals surface area (Å²) in [5.41, 5.74) is 1.39. The van der Waals surface area contributed by atoms with Gasteiger partial charge < -0.3 is 4.74 Å². The summed E-state index contributed by atoms with van der Waals surface area (Å²) in [7, 11) is 0. The highest BCUT2D eigenvalue weighted by atomic mass is 79.9. The maximum absolute atomic E-state index is 6.10. The molecule has 1 nitrogen and oxygen atoms in total. The Morgan fingerprint density at radius 1 is 1.21 bits per heavy atom. The Bertz CT molecular complexity index is 386. The minimum absolute atomic E-state index is 0.210. The summed E-state index contributed by atoms with van der Waals surface area (Å²) in [5, 5.41) is 0. The van der Waals surface area contributed by atoms with Crippen LogP contribution in [0.25, 0.3) is 0 Å². The fraction of sp³-hybridized carbons (Fsp3) is 0.625. The lowest BCUT2D eigenvalue weighted by molar-refractivity contribution is 0.143. The van der Waals surface area contributed by atoms with Gasteiger partial charge in [-0.05, 0) is 43.2 Å². The first kappa shape index (κ1) is 16.9. The van der Waals surface area contributed by atoms with Gasteiger partial charge in [0.25, 0.3) is 0 Å². The first-order valence-corrected chi connectivity index (χ1v) is 8.49. The van der Waals surface area contributed by atoms with Gasteiger partial charge in [0.1, 0.15) is 5.75 Å². The number of halogens is 1. The summed E-state index contributed by atoms with van der Waals surface area (Å²) in [6.07, 6.45) is 4.72. The second-order valence-electron chi connectivity index (χ2n) is 5.36. The highest BCUT2D eigenvalue weighted by Gasteiger charge is 2.28. The van der Waals surface area contributed by atoms with Crippen molar-refractivity contribution in [1.29, 1.82) is 0 Å². The third-order valence-electron chi connectivity index (χ3n) is 3.58. The lowest BCUT2D eigenvalue weighted by atomic mass is 9.82. The number of thiol groups is 1. The van der Waals surface area contributed by atoms with Crippen LogP contribution >= 0.6 is 28.6 Å². The molecule has 0 aliphatic rings. The minimum Gasteiger partial charge on any atom is -0.493 e. The van der Waals surface area contributed by atoms with Crippen LogP contribution in [0.4, 0.5) is 0 Å². The van der Waals surface area contributed by atoms with Crippen molar-refractivity contribution in [1.82, 2.24) is 0 Å². The van der Waals surface area contributed by atoms with E-state index in [1.165, 1.54) is 31.2 Å². The van der Waals surface area contributed by atoms with Crippen LogP contribution in [0.3, 0.4) is 0 Å². The Hall–Kier alpha value is -0.150. The number of hydrogen-bond donors (Lipinski definition) is 1. The van der Waals surface area contributed by atoms with Crippen molar-refractivity contribution in [2.24, 2.45) is 5.41 Å². The molecule has 19 heavy (non-hydrogen) atoms. The Kier molecular flexibility index (Phi) is 7.30. The highest BCUT2D eigenvalue weighted by molar-refractivity contribution is 9.10. The van der Waals surface area contributed by atoms with Crippen molar-refractivity contribution in [3.8, 4) is 5.75 Å². The van der Waals surface area contributed by atoms with E-state index in [2.05, 4.69) is 61.5 Å². The molecule has 0 aliphatic heterocycles. The van der Waals surface area contributed by atoms with Crippen LogP contribution in [0.15, 0.2) is 22.7 Å². The third-order valence-corrected chi connectivity index (χ3v) is 4.74. The number of ether oxygens (including phenoxy) is 1. The summed E-state index contributed by atoms with van der Waals surface area (Å²) in [6, 6.07) is 6.18. The fourth-order valence-electron chi connectivity index (χ4n) is 2.49. The van der Waals surface area contributed by atoms with Crippen molar-refractivity contribution in [3.05, 3.63) is 28.2 Å². The average molecular weight is 345 g/mol. The minimum atomic E-state index is 0.210. The first-order chi connectivity index (χ1) is 9.06. The molecule has 0 heterocycles. The van der Waals surface area contributed by atoms with Gasteiger partial charge in [-0.2, -0.15) is 12.6 Å². The van der Waals surface area contributed by atoms with Crippen LogP contribution in [0.2, 0.25) is 0 Å². The van der Waals surface area contributed by atoms with E-state index < -0.39 is 0 Å². The Morgan fingerprint density at radius 3 is 2.37 bits per heavy atom. The molecule has 0 atom stereocenters. The molecular weight excluding hydrogens is 320 g/mol. The van der Waals surface area contributed by atoms with Gasteiger partial charge in [-0.25, -0.2) is 0 Å². The van der Waals surface area contributed by atoms with Crippen molar-refractivity contribution in [3.63, 3.8) is 0 Å². The van der Waals surface area contributed by atoms with Crippen LogP contribution in [0.5, 0.6) is 5.75 Å². The van der Waals surface area contributed by atoms with E-state index in [1.54, 1.807) is 0 Å². The Labute approximate surface area is 131 Å². The normalized spacial score (nSPS) is 11.6. The van der Waals surface area contributed by atoms with Crippen molar-refractivity contribution in [2.45, 2.75) is 46.5 Å². The summed E-state index contributed by atoms with van der Waals surface area (Å²) < 4.78 is 7.17. The van der Waals surface area contributed by atoms with Crippen LogP contribution in [-0.4, -0.2) is 12.4 Å². The van der Waals surface area contributed by atoms with Gasteiger partial charge in [0, 0.05) is 9.89 Å². The number of aryl methyl sites for hydroxylation is 1. The second kappa shape index (κ2) is 8.21.